The van der Waals surface area contributed by atoms with E-state index in [0.29, 0.717) is 0 Å². The number of amides is 1. The summed E-state index contributed by atoms with van der Waals surface area (Å²) in [6.07, 6.45) is -1.33. The number of nitrogens with zero attached hydrogens (tertiary/aromatic N) is 4. The molecule has 1 saturated heterocycles. The fraction of sp³-hybridized carbons (Fsp3) is 0.600. The second-order valence-electron chi connectivity index (χ2n) is 5.90. The predicted octanol–water partition coefficient (Wildman–Crippen LogP) is -12.4. The molecule has 0 aromatic heterocycles. The number of amidine groups is 1. The Labute approximate surface area is 252 Å². The molecule has 3 heterocycles. The minimum Gasteiger partial charge on any atom is -0.756 e. The number of hydrogen-bond acceptors (Lipinski definition) is 15. The zero-order valence-corrected chi connectivity index (χ0v) is 26.1. The van der Waals surface area contributed by atoms with Gasteiger partial charge in [0.05, 0.1) is 19.0 Å². The van der Waals surface area contributed by atoms with Crippen molar-refractivity contribution in [3.8, 4) is 0 Å². The molecule has 0 spiro atoms. The Morgan fingerprint density at radius 2 is 1.79 bits per heavy atom. The van der Waals surface area contributed by atoms with Crippen molar-refractivity contribution in [2.75, 3.05) is 6.61 Å². The van der Waals surface area contributed by atoms with E-state index in [2.05, 4.69) is 28.1 Å². The van der Waals surface area contributed by atoms with Gasteiger partial charge in [-0.1, -0.05) is 0 Å². The van der Waals surface area contributed by atoms with Gasteiger partial charge in [-0.2, -0.15) is 4.99 Å². The number of hydrogen-bond donors (Lipinski definition) is 2. The van der Waals surface area contributed by atoms with Crippen LogP contribution in [0, 0.1) is 0 Å². The first-order chi connectivity index (χ1) is 13.8. The number of carbonyl (C=O) groups is 1. The molecule has 1 amide bonds. The molecule has 7 atom stereocenters. The fourth-order valence-electron chi connectivity index (χ4n) is 2.64. The maximum atomic E-state index is 11.7. The molecule has 0 aromatic rings. The van der Waals surface area contributed by atoms with Crippen LogP contribution in [-0.4, -0.2) is 70.4 Å². The predicted molar refractivity (Wildman–Crippen MR) is 87.5 cm³/mol. The smallest absolute Gasteiger partial charge is 0.756 e. The molecule has 3 aliphatic heterocycles. The fourth-order valence-corrected chi connectivity index (χ4v) is 5.54. The molecule has 168 valence electrons. The molecule has 2 N–H and O–H groups in total. The summed E-state index contributed by atoms with van der Waals surface area (Å²) in [5, 5.41) is 10.1. The van der Waals surface area contributed by atoms with Crippen molar-refractivity contribution >= 4 is 47.9 Å². The summed E-state index contributed by atoms with van der Waals surface area (Å²) in [6, 6.07) is -0.962. The van der Waals surface area contributed by atoms with Crippen LogP contribution in [0.15, 0.2) is 15.0 Å². The number of phosphoric ester groups is 1. The number of aliphatic hydroxyl groups excluding tert-OH is 1. The Morgan fingerprint density at radius 1 is 1.15 bits per heavy atom. The maximum Gasteiger partial charge on any atom is 1.00 e. The summed E-state index contributed by atoms with van der Waals surface area (Å²) >= 11 is 0. The molecule has 0 aliphatic carbocycles. The molecule has 33 heavy (non-hydrogen) atoms. The van der Waals surface area contributed by atoms with Crippen LogP contribution in [0.5, 0.6) is 0 Å². The summed E-state index contributed by atoms with van der Waals surface area (Å²) in [5.74, 6) is -0.376. The topological polar surface area (TPSA) is 255 Å². The van der Waals surface area contributed by atoms with E-state index in [1.54, 1.807) is 0 Å². The Bertz CT molecular complexity index is 960. The van der Waals surface area contributed by atoms with Crippen LogP contribution in [0.2, 0.25) is 0 Å². The number of phosphoric acid groups is 3. The minimum absolute atomic E-state index is 0. The van der Waals surface area contributed by atoms with Gasteiger partial charge in [0.15, 0.2) is 6.04 Å². The van der Waals surface area contributed by atoms with Gasteiger partial charge >= 0.3 is 88.7 Å². The van der Waals surface area contributed by atoms with E-state index in [0.717, 1.165) is 6.34 Å². The molecule has 7 unspecified atom stereocenters. The Hall–Kier alpha value is 1.81. The molecule has 0 aromatic carbocycles. The summed E-state index contributed by atoms with van der Waals surface area (Å²) in [7, 11) is -17.6. The Balaban J connectivity index is 0.00000341. The van der Waals surface area contributed by atoms with Crippen molar-refractivity contribution in [2.45, 2.75) is 30.9 Å². The van der Waals surface area contributed by atoms with Gasteiger partial charge in [0.1, 0.15) is 24.5 Å². The van der Waals surface area contributed by atoms with E-state index < -0.39 is 60.5 Å². The van der Waals surface area contributed by atoms with Crippen molar-refractivity contribution in [1.82, 2.24) is 4.90 Å². The quantitative estimate of drug-likeness (QED) is 0.207. The van der Waals surface area contributed by atoms with E-state index in [9.17, 15) is 38.3 Å². The Morgan fingerprint density at radius 3 is 2.39 bits per heavy atom. The second-order valence-corrected chi connectivity index (χ2v) is 10.2. The average molecular weight is 558 g/mol. The summed E-state index contributed by atoms with van der Waals surface area (Å²) in [4.78, 5) is 65.7. The van der Waals surface area contributed by atoms with Crippen molar-refractivity contribution in [3.63, 3.8) is 0 Å². The van der Waals surface area contributed by atoms with Crippen LogP contribution in [0.3, 0.4) is 0 Å². The average Bonchev–Trinajstić information content (AvgIpc) is 3.14. The van der Waals surface area contributed by atoms with Crippen LogP contribution in [0.4, 0.5) is 0 Å². The van der Waals surface area contributed by atoms with Crippen molar-refractivity contribution in [1.29, 1.82) is 0 Å². The molecule has 23 heteroatoms. The zero-order valence-electron chi connectivity index (χ0n) is 17.4. The van der Waals surface area contributed by atoms with E-state index in [1.807, 2.05) is 0 Å². The standard InChI is InChI=1S/C10H15N4O13P3.3Na/c15-5-1-7(14-4-13-8-9(14)11-3-12-10(8)16)25-6(5)2-24-29(20,21)27-30(22,23)26-28(17,18)19;;;/h3-8,15H,1-2H2,(H,20,21)(H,22,23)(H2,17,18,19);;;/q;3*+1/p-3. The molecular formula is C10H12N4Na3O13P3. The molecule has 1 fully saturated rings. The van der Waals surface area contributed by atoms with Crippen LogP contribution in [0.25, 0.3) is 0 Å². The van der Waals surface area contributed by atoms with Crippen LogP contribution in [-0.2, 0) is 36.4 Å². The van der Waals surface area contributed by atoms with Gasteiger partial charge in [0.25, 0.3) is 29.4 Å². The third kappa shape index (κ3) is 9.89. The summed E-state index contributed by atoms with van der Waals surface area (Å²) in [6.45, 7) is -0.923. The van der Waals surface area contributed by atoms with Gasteiger partial charge in [0.2, 0.25) is 0 Å². The minimum atomic E-state index is -6.03. The van der Waals surface area contributed by atoms with Gasteiger partial charge in [-0.25, -0.2) is 13.6 Å². The van der Waals surface area contributed by atoms with Gasteiger partial charge in [-0.15, -0.1) is 0 Å². The first-order valence-corrected chi connectivity index (χ1v) is 12.2. The van der Waals surface area contributed by atoms with E-state index in [-0.39, 0.29) is 101 Å². The van der Waals surface area contributed by atoms with Crippen LogP contribution >= 0.6 is 23.5 Å². The van der Waals surface area contributed by atoms with Gasteiger partial charge in [0, 0.05) is 6.42 Å². The summed E-state index contributed by atoms with van der Waals surface area (Å²) < 4.78 is 49.5. The van der Waals surface area contributed by atoms with E-state index in [1.165, 1.54) is 11.2 Å². The first-order valence-electron chi connectivity index (χ1n) is 7.79. The number of rotatable bonds is 8. The first kappa shape index (κ1) is 34.8. The number of aliphatic hydroxyl groups is 1. The number of fused-ring (bicyclic) bond motifs is 1. The molecule has 17 nitrogen and oxygen atoms in total. The third-order valence-electron chi connectivity index (χ3n) is 3.77. The van der Waals surface area contributed by atoms with E-state index >= 15 is 0 Å². The van der Waals surface area contributed by atoms with Crippen LogP contribution < -0.4 is 103 Å². The summed E-state index contributed by atoms with van der Waals surface area (Å²) in [5.41, 5.74) is 0. The molecule has 3 rings (SSSR count). The van der Waals surface area contributed by atoms with Crippen LogP contribution in [0.1, 0.15) is 6.42 Å². The van der Waals surface area contributed by atoms with E-state index in [4.69, 9.17) is 9.63 Å². The van der Waals surface area contributed by atoms with Crippen molar-refractivity contribution in [3.05, 3.63) is 0 Å². The van der Waals surface area contributed by atoms with Crippen molar-refractivity contribution < 1.29 is 150 Å². The molecule has 3 aliphatic rings. The Kier molecular flexibility index (Phi) is 14.3. The monoisotopic (exact) mass is 558 g/mol. The number of aliphatic imine (C=N–C) groups is 3. The van der Waals surface area contributed by atoms with Gasteiger partial charge < -0.3 is 33.9 Å². The molecular weight excluding hydrogens is 546 g/mol. The van der Waals surface area contributed by atoms with Gasteiger partial charge in [-0.05, 0) is 0 Å². The van der Waals surface area contributed by atoms with Gasteiger partial charge in [-0.3, -0.25) is 28.4 Å². The second kappa shape index (κ2) is 13.6. The number of ether oxygens (including phenoxy) is 1. The SMILES string of the molecule is O=C1N=CN=C2C1N=CN2C1CC(O)C(COP(=O)([O-])OP(=O)([O-])OP(=O)([O-])O)O1.[Na+].[Na+].[Na+]. The molecule has 0 bridgehead atoms. The largest absolute Gasteiger partial charge is 1.00 e. The normalized spacial score (nSPS) is 31.1. The molecule has 0 saturated carbocycles. The third-order valence-corrected chi connectivity index (χ3v) is 7.46. The molecule has 0 radical (unpaired) electrons. The maximum absolute atomic E-state index is 11.7. The zero-order chi connectivity index (χ0) is 22.3. The number of carbonyl (C=O) groups excluding carboxylic acids is 1. The van der Waals surface area contributed by atoms with Crippen molar-refractivity contribution in [2.24, 2.45) is 15.0 Å².